The van der Waals surface area contributed by atoms with Crippen molar-refractivity contribution in [1.29, 1.82) is 0 Å². The highest BCUT2D eigenvalue weighted by Crippen LogP contribution is 2.31. The highest BCUT2D eigenvalue weighted by atomic mass is 16.7. The van der Waals surface area contributed by atoms with Crippen molar-refractivity contribution in [2.75, 3.05) is 0 Å². The van der Waals surface area contributed by atoms with E-state index in [1.807, 2.05) is 0 Å². The van der Waals surface area contributed by atoms with Gasteiger partial charge in [-0.05, 0) is 0 Å². The van der Waals surface area contributed by atoms with Crippen molar-refractivity contribution in [2.24, 2.45) is 0 Å². The van der Waals surface area contributed by atoms with Crippen LogP contribution in [0.5, 0.6) is 0 Å². The molecule has 218 valence electrons. The van der Waals surface area contributed by atoms with Crippen LogP contribution in [0, 0.1) is 0 Å². The van der Waals surface area contributed by atoms with Crippen LogP contribution in [0.3, 0.4) is 0 Å². The Kier molecular flexibility index (Phi) is 10.4. The minimum atomic E-state index is -2.78. The van der Waals surface area contributed by atoms with Gasteiger partial charge in [0.15, 0.2) is 37.0 Å². The Morgan fingerprint density at radius 1 is 0.605 bits per heavy atom. The van der Waals surface area contributed by atoms with Crippen LogP contribution >= 0.6 is 0 Å². The maximum absolute atomic E-state index is 11.8. The van der Waals surface area contributed by atoms with Crippen LogP contribution < -0.4 is 0 Å². The lowest BCUT2D eigenvalue weighted by Gasteiger charge is -2.45. The second-order valence-corrected chi connectivity index (χ2v) is 8.24. The fourth-order valence-electron chi connectivity index (χ4n) is 3.58. The lowest BCUT2D eigenvalue weighted by molar-refractivity contribution is -0.358. The first-order valence-electron chi connectivity index (χ1n) is 10.5. The van der Waals surface area contributed by atoms with E-state index in [9.17, 15) is 65.1 Å². The summed E-state index contributed by atoms with van der Waals surface area (Å²) >= 11 is 0. The van der Waals surface area contributed by atoms with Gasteiger partial charge in [-0.25, -0.2) is 19.2 Å². The molecule has 0 spiro atoms. The van der Waals surface area contributed by atoms with Crippen LogP contribution in [0.4, 0.5) is 0 Å². The van der Waals surface area contributed by atoms with Crippen molar-refractivity contribution in [3.63, 3.8) is 0 Å². The highest BCUT2D eigenvalue weighted by molar-refractivity contribution is 5.75. The Balaban J connectivity index is 2.31. The molecule has 2 rings (SSSR count). The summed E-state index contributed by atoms with van der Waals surface area (Å²) in [7, 11) is 0. The first kappa shape index (κ1) is 31.6. The molecule has 2 aliphatic rings. The van der Waals surface area contributed by atoms with E-state index >= 15 is 0 Å². The zero-order chi connectivity index (χ0) is 29.2. The van der Waals surface area contributed by atoms with Gasteiger partial charge in [0.1, 0.15) is 48.8 Å². The topological polar surface area (TPSA) is 348 Å². The molecule has 0 aliphatic carbocycles. The van der Waals surface area contributed by atoms with Gasteiger partial charge in [0.25, 0.3) is 0 Å². The van der Waals surface area contributed by atoms with Crippen LogP contribution in [0.2, 0.25) is 0 Å². The van der Waals surface area contributed by atoms with Crippen molar-refractivity contribution in [1.82, 2.24) is 0 Å². The zero-order valence-electron chi connectivity index (χ0n) is 18.7. The fourth-order valence-corrected chi connectivity index (χ4v) is 3.58. The monoisotopic (exact) mass is 562 g/mol. The van der Waals surface area contributed by atoms with Gasteiger partial charge in [-0.2, -0.15) is 0 Å². The van der Waals surface area contributed by atoms with E-state index < -0.39 is 110 Å². The molecule has 20 heteroatoms. The molecule has 38 heavy (non-hydrogen) atoms. The molecule has 0 aromatic carbocycles. The maximum atomic E-state index is 11.8. The number of aliphatic hydroxyl groups excluding tert-OH is 8. The number of ether oxygens (including phenoxy) is 4. The van der Waals surface area contributed by atoms with Gasteiger partial charge < -0.3 is 80.2 Å². The van der Waals surface area contributed by atoms with E-state index in [1.165, 1.54) is 0 Å². The lowest BCUT2D eigenvalue weighted by atomic mass is 9.96. The predicted molar refractivity (Wildman–Crippen MR) is 106 cm³/mol. The van der Waals surface area contributed by atoms with E-state index in [4.69, 9.17) is 34.3 Å². The van der Waals surface area contributed by atoms with Gasteiger partial charge in [0.2, 0.25) is 0 Å². The summed E-state index contributed by atoms with van der Waals surface area (Å²) in [5.41, 5.74) is 0. The lowest BCUT2D eigenvalue weighted by Crippen LogP contribution is -2.66. The Hall–Kier alpha value is -2.60. The van der Waals surface area contributed by atoms with E-state index in [-0.39, 0.29) is 0 Å². The molecule has 0 amide bonds. The van der Waals surface area contributed by atoms with Gasteiger partial charge in [-0.3, -0.25) is 0 Å². The Morgan fingerprint density at radius 2 is 1.08 bits per heavy atom. The molecular weight excluding hydrogens is 536 g/mol. The average Bonchev–Trinajstić information content (AvgIpc) is 2.84. The highest BCUT2D eigenvalue weighted by Gasteiger charge is 2.55. The number of hydrogen-bond acceptors (Lipinski definition) is 16. The first-order chi connectivity index (χ1) is 17.5. The van der Waals surface area contributed by atoms with Crippen molar-refractivity contribution in [3.05, 3.63) is 0 Å². The summed E-state index contributed by atoms with van der Waals surface area (Å²) in [5, 5.41) is 116. The standard InChI is InChI=1S/C18H26O20/c19-1-2(20)11(15(31)32)37-17(6(1)24)36-10-4(22)7(25)18(38-12(10)16(33)34)35-9(8(26)14(29)30)3(21)5(23)13(27)28/h1-12,17-26H,(H,27,28)(H,29,30)(H,31,32)(H,33,34)/t1?,2-,3?,4+,5?,6?,7?,8?,9-,10+,11-,12?,17-,18+/m0/s1. The first-order valence-corrected chi connectivity index (χ1v) is 10.5. The van der Waals surface area contributed by atoms with Crippen LogP contribution in [0.1, 0.15) is 0 Å². The van der Waals surface area contributed by atoms with Crippen LogP contribution in [-0.4, -0.2) is 171 Å². The van der Waals surface area contributed by atoms with Crippen molar-refractivity contribution >= 4 is 23.9 Å². The molecular formula is C18H26O20. The van der Waals surface area contributed by atoms with Crippen molar-refractivity contribution < 1.29 is 99.4 Å². The molecule has 2 saturated heterocycles. The summed E-state index contributed by atoms with van der Waals surface area (Å²) in [5.74, 6) is -8.02. The summed E-state index contributed by atoms with van der Waals surface area (Å²) in [6.07, 6.45) is -33.7. The Bertz CT molecular complexity index is 880. The maximum Gasteiger partial charge on any atom is 0.335 e. The number of carbonyl (C=O) groups is 4. The summed E-state index contributed by atoms with van der Waals surface area (Å²) in [6.45, 7) is 0. The second kappa shape index (κ2) is 12.5. The van der Waals surface area contributed by atoms with Gasteiger partial charge >= 0.3 is 23.9 Å². The Morgan fingerprint density at radius 3 is 1.55 bits per heavy atom. The summed E-state index contributed by atoms with van der Waals surface area (Å²) in [6, 6.07) is 0. The number of rotatable bonds is 11. The van der Waals surface area contributed by atoms with E-state index in [0.717, 1.165) is 0 Å². The molecule has 0 saturated carbocycles. The number of hydrogen-bond donors (Lipinski definition) is 12. The number of carboxylic acid groups (broad SMARTS) is 4. The fraction of sp³-hybridized carbons (Fsp3) is 0.778. The molecule has 0 aromatic heterocycles. The van der Waals surface area contributed by atoms with Crippen LogP contribution in [0.25, 0.3) is 0 Å². The van der Waals surface area contributed by atoms with E-state index in [2.05, 4.69) is 0 Å². The Labute approximate surface area is 210 Å². The summed E-state index contributed by atoms with van der Waals surface area (Å²) < 4.78 is 19.7. The third-order valence-corrected chi connectivity index (χ3v) is 5.66. The minimum Gasteiger partial charge on any atom is -0.479 e. The molecule has 2 aliphatic heterocycles. The molecule has 20 nitrogen and oxygen atoms in total. The molecule has 14 atom stereocenters. The zero-order valence-corrected chi connectivity index (χ0v) is 18.7. The minimum absolute atomic E-state index is 1.83. The second-order valence-electron chi connectivity index (χ2n) is 8.24. The SMILES string of the molecule is O=C(O)C(O)C(O)[C@H](O[C@@H]1OC(C(=O)O)[C@H](O[C@H]2O[C@H](C(=O)O)[C@@H](O)C(O)C2O)[C@H](O)C1O)C(O)C(=O)O. The number of carboxylic acids is 4. The van der Waals surface area contributed by atoms with Crippen LogP contribution in [-0.2, 0) is 38.1 Å². The molecule has 0 radical (unpaired) electrons. The van der Waals surface area contributed by atoms with Gasteiger partial charge in [-0.15, -0.1) is 0 Å². The molecule has 0 bridgehead atoms. The van der Waals surface area contributed by atoms with Crippen LogP contribution in [0.15, 0.2) is 0 Å². The third-order valence-electron chi connectivity index (χ3n) is 5.66. The number of aliphatic carboxylic acids is 4. The smallest absolute Gasteiger partial charge is 0.335 e. The van der Waals surface area contributed by atoms with Crippen molar-refractivity contribution in [3.8, 4) is 0 Å². The molecule has 12 N–H and O–H groups in total. The van der Waals surface area contributed by atoms with E-state index in [1.54, 1.807) is 0 Å². The van der Waals surface area contributed by atoms with Gasteiger partial charge in [0.05, 0.1) is 0 Å². The largest absolute Gasteiger partial charge is 0.479 e. The molecule has 2 fully saturated rings. The molecule has 7 unspecified atom stereocenters. The van der Waals surface area contributed by atoms with Gasteiger partial charge in [-0.1, -0.05) is 0 Å². The third kappa shape index (κ3) is 6.51. The normalized spacial score (nSPS) is 38.9. The average molecular weight is 562 g/mol. The molecule has 0 aromatic rings. The van der Waals surface area contributed by atoms with E-state index in [0.29, 0.717) is 0 Å². The predicted octanol–water partition coefficient (Wildman–Crippen LogP) is -7.57. The molecule has 2 heterocycles. The quantitative estimate of drug-likeness (QED) is 0.111. The van der Waals surface area contributed by atoms with Crippen molar-refractivity contribution in [2.45, 2.75) is 85.8 Å². The summed E-state index contributed by atoms with van der Waals surface area (Å²) in [4.78, 5) is 45.1. The number of aliphatic hydroxyl groups is 8. The van der Waals surface area contributed by atoms with Gasteiger partial charge in [0, 0.05) is 0 Å².